The molecule has 0 bridgehead atoms. The van der Waals surface area contributed by atoms with Gasteiger partial charge in [-0.25, -0.2) is 13.8 Å². The van der Waals surface area contributed by atoms with Gasteiger partial charge in [-0.15, -0.1) is 0 Å². The van der Waals surface area contributed by atoms with Gasteiger partial charge >= 0.3 is 0 Å². The van der Waals surface area contributed by atoms with Crippen LogP contribution in [0.25, 0.3) is 0 Å². The summed E-state index contributed by atoms with van der Waals surface area (Å²) < 4.78 is 27.0. The molecule has 0 radical (unpaired) electrons. The van der Waals surface area contributed by atoms with E-state index in [4.69, 9.17) is 5.73 Å². The van der Waals surface area contributed by atoms with Gasteiger partial charge in [-0.05, 0) is 62.9 Å². The summed E-state index contributed by atoms with van der Waals surface area (Å²) in [6.07, 6.45) is 4.85. The third kappa shape index (κ3) is 5.06. The third-order valence-electron chi connectivity index (χ3n) is 6.21. The molecule has 1 aromatic carbocycles. The number of nitrogens with one attached hydrogen (secondary N) is 1. The molecular formula is C24H30F2N4O2. The van der Waals surface area contributed by atoms with Crippen molar-refractivity contribution in [2.45, 2.75) is 64.0 Å². The number of nitrogens with two attached hydrogens (primary N) is 1. The lowest BCUT2D eigenvalue weighted by Crippen LogP contribution is -2.53. The Morgan fingerprint density at radius 1 is 1.22 bits per heavy atom. The van der Waals surface area contributed by atoms with Crippen LogP contribution in [0.4, 0.5) is 14.6 Å². The summed E-state index contributed by atoms with van der Waals surface area (Å²) in [6, 6.07) is 7.19. The Morgan fingerprint density at radius 3 is 2.56 bits per heavy atom. The first kappa shape index (κ1) is 23.6. The van der Waals surface area contributed by atoms with Gasteiger partial charge in [0, 0.05) is 24.8 Å². The van der Waals surface area contributed by atoms with Crippen molar-refractivity contribution in [1.82, 2.24) is 10.3 Å². The summed E-state index contributed by atoms with van der Waals surface area (Å²) in [7, 11) is 0. The zero-order valence-electron chi connectivity index (χ0n) is 18.7. The van der Waals surface area contributed by atoms with Gasteiger partial charge in [0.1, 0.15) is 5.82 Å². The first-order chi connectivity index (χ1) is 15.1. The van der Waals surface area contributed by atoms with Gasteiger partial charge < -0.3 is 16.0 Å². The number of carbonyl (C=O) groups excluding carboxylic acids is 2. The fourth-order valence-corrected chi connectivity index (χ4v) is 4.17. The second kappa shape index (κ2) is 9.63. The molecule has 3 N–H and O–H groups in total. The summed E-state index contributed by atoms with van der Waals surface area (Å²) in [5, 5.41) is 3.11. The molecule has 1 fully saturated rings. The molecule has 1 aliphatic rings. The molecule has 2 heterocycles. The number of pyridine rings is 1. The standard InChI is InChI=1S/C24H30F2N4O2/c1-4-5-18-13-17(10-11-30(18)21-9-6-15(14-28-21)22(27)31)29-23(32)24(2,3)16-7-8-19(25)20(26)12-16/h6-9,12,14,17-18H,4-5,10-11,13H2,1-3H3,(H2,27,31)(H,29,32). The van der Waals surface area contributed by atoms with Crippen molar-refractivity contribution >= 4 is 17.6 Å². The molecule has 2 aromatic rings. The van der Waals surface area contributed by atoms with Crippen molar-refractivity contribution in [1.29, 1.82) is 0 Å². The number of anilines is 1. The van der Waals surface area contributed by atoms with E-state index in [1.165, 1.54) is 12.3 Å². The Kier molecular flexibility index (Phi) is 7.11. The molecule has 1 aliphatic heterocycles. The van der Waals surface area contributed by atoms with Gasteiger partial charge in [0.2, 0.25) is 11.8 Å². The second-order valence-corrected chi connectivity index (χ2v) is 8.85. The van der Waals surface area contributed by atoms with E-state index >= 15 is 0 Å². The van der Waals surface area contributed by atoms with Crippen LogP contribution in [-0.2, 0) is 10.2 Å². The number of piperidine rings is 1. The molecule has 0 saturated carbocycles. The number of nitrogens with zero attached hydrogens (tertiary/aromatic N) is 2. The average Bonchev–Trinajstić information content (AvgIpc) is 2.76. The lowest BCUT2D eigenvalue weighted by Gasteiger charge is -2.41. The predicted molar refractivity (Wildman–Crippen MR) is 119 cm³/mol. The molecular weight excluding hydrogens is 414 g/mol. The largest absolute Gasteiger partial charge is 0.366 e. The number of benzene rings is 1. The summed E-state index contributed by atoms with van der Waals surface area (Å²) in [4.78, 5) is 31.0. The van der Waals surface area contributed by atoms with Gasteiger partial charge in [-0.1, -0.05) is 19.4 Å². The first-order valence-electron chi connectivity index (χ1n) is 10.9. The van der Waals surface area contributed by atoms with Crippen LogP contribution < -0.4 is 16.0 Å². The number of hydrogen-bond donors (Lipinski definition) is 2. The quantitative estimate of drug-likeness (QED) is 0.682. The highest BCUT2D eigenvalue weighted by molar-refractivity contribution is 5.92. The minimum absolute atomic E-state index is 0.0373. The maximum absolute atomic E-state index is 13.7. The van der Waals surface area contributed by atoms with Crippen LogP contribution in [-0.4, -0.2) is 35.4 Å². The lowest BCUT2D eigenvalue weighted by atomic mass is 9.82. The molecule has 8 heteroatoms. The van der Waals surface area contributed by atoms with Crippen LogP contribution in [0.5, 0.6) is 0 Å². The molecule has 1 aromatic heterocycles. The zero-order chi connectivity index (χ0) is 23.5. The molecule has 2 atom stereocenters. The Hall–Kier alpha value is -3.03. The molecule has 0 spiro atoms. The van der Waals surface area contributed by atoms with Gasteiger partial charge in [0.05, 0.1) is 11.0 Å². The van der Waals surface area contributed by atoms with Gasteiger partial charge in [0.25, 0.3) is 0 Å². The van der Waals surface area contributed by atoms with Crippen molar-refractivity contribution in [3.63, 3.8) is 0 Å². The van der Waals surface area contributed by atoms with Crippen molar-refractivity contribution in [3.8, 4) is 0 Å². The van der Waals surface area contributed by atoms with E-state index in [0.717, 1.165) is 43.6 Å². The summed E-state index contributed by atoms with van der Waals surface area (Å²) >= 11 is 0. The van der Waals surface area contributed by atoms with Gasteiger partial charge in [0.15, 0.2) is 11.6 Å². The van der Waals surface area contributed by atoms with Crippen molar-refractivity contribution in [2.75, 3.05) is 11.4 Å². The number of amides is 2. The Labute approximate surface area is 187 Å². The summed E-state index contributed by atoms with van der Waals surface area (Å²) in [5.41, 5.74) is 5.09. The highest BCUT2D eigenvalue weighted by atomic mass is 19.2. The van der Waals surface area contributed by atoms with E-state index in [2.05, 4.69) is 22.1 Å². The maximum atomic E-state index is 13.7. The SMILES string of the molecule is CCCC1CC(NC(=O)C(C)(C)c2ccc(F)c(F)c2)CCN1c1ccc(C(N)=O)cn1. The number of primary amides is 1. The highest BCUT2D eigenvalue weighted by Gasteiger charge is 2.35. The second-order valence-electron chi connectivity index (χ2n) is 8.85. The average molecular weight is 445 g/mol. The molecule has 32 heavy (non-hydrogen) atoms. The van der Waals surface area contributed by atoms with E-state index in [1.54, 1.807) is 26.0 Å². The van der Waals surface area contributed by atoms with Crippen LogP contribution in [0.3, 0.4) is 0 Å². The zero-order valence-corrected chi connectivity index (χ0v) is 18.7. The first-order valence-corrected chi connectivity index (χ1v) is 10.9. The van der Waals surface area contributed by atoms with E-state index in [-0.39, 0.29) is 18.0 Å². The van der Waals surface area contributed by atoms with Crippen LogP contribution in [0, 0.1) is 11.6 Å². The molecule has 2 amide bonds. The minimum Gasteiger partial charge on any atom is -0.366 e. The number of aromatic nitrogens is 1. The van der Waals surface area contributed by atoms with Gasteiger partial charge in [-0.2, -0.15) is 0 Å². The van der Waals surface area contributed by atoms with Crippen LogP contribution >= 0.6 is 0 Å². The predicted octanol–water partition coefficient (Wildman–Crippen LogP) is 3.69. The Morgan fingerprint density at radius 2 is 1.97 bits per heavy atom. The molecule has 172 valence electrons. The van der Waals surface area contributed by atoms with Crippen molar-refractivity contribution in [2.24, 2.45) is 5.73 Å². The maximum Gasteiger partial charge on any atom is 0.250 e. The fraction of sp³-hybridized carbons (Fsp3) is 0.458. The molecule has 0 aliphatic carbocycles. The van der Waals surface area contributed by atoms with Gasteiger partial charge in [-0.3, -0.25) is 9.59 Å². The summed E-state index contributed by atoms with van der Waals surface area (Å²) in [5.74, 6) is -1.85. The van der Waals surface area contributed by atoms with Crippen LogP contribution in [0.15, 0.2) is 36.5 Å². The molecule has 2 unspecified atom stereocenters. The topological polar surface area (TPSA) is 88.3 Å². The van der Waals surface area contributed by atoms with E-state index < -0.39 is 23.0 Å². The van der Waals surface area contributed by atoms with E-state index in [9.17, 15) is 18.4 Å². The smallest absolute Gasteiger partial charge is 0.250 e. The van der Waals surface area contributed by atoms with Crippen LogP contribution in [0.2, 0.25) is 0 Å². The fourth-order valence-electron chi connectivity index (χ4n) is 4.17. The van der Waals surface area contributed by atoms with Crippen molar-refractivity contribution < 1.29 is 18.4 Å². The van der Waals surface area contributed by atoms with Crippen molar-refractivity contribution in [3.05, 3.63) is 59.3 Å². The number of rotatable bonds is 7. The number of carbonyl (C=O) groups is 2. The molecule has 3 rings (SSSR count). The summed E-state index contributed by atoms with van der Waals surface area (Å²) in [6.45, 7) is 6.22. The normalized spacial score (nSPS) is 19.0. The number of hydrogen-bond acceptors (Lipinski definition) is 4. The minimum atomic E-state index is -1.00. The van der Waals surface area contributed by atoms with E-state index in [1.807, 2.05) is 0 Å². The molecule has 1 saturated heterocycles. The van der Waals surface area contributed by atoms with Crippen LogP contribution in [0.1, 0.15) is 62.4 Å². The third-order valence-corrected chi connectivity index (χ3v) is 6.21. The lowest BCUT2D eigenvalue weighted by molar-refractivity contribution is -0.126. The number of halogens is 2. The molecule has 6 nitrogen and oxygen atoms in total. The highest BCUT2D eigenvalue weighted by Crippen LogP contribution is 2.29. The Bertz CT molecular complexity index is 978. The monoisotopic (exact) mass is 444 g/mol. The van der Waals surface area contributed by atoms with E-state index in [0.29, 0.717) is 17.7 Å². The Balaban J connectivity index is 1.70.